The molecule has 4 aromatic rings. The zero-order chi connectivity index (χ0) is 19.9. The minimum atomic E-state index is -4.66. The van der Waals surface area contributed by atoms with E-state index in [1.165, 1.54) is 30.5 Å². The summed E-state index contributed by atoms with van der Waals surface area (Å²) in [5, 5.41) is 14.7. The van der Waals surface area contributed by atoms with Crippen molar-refractivity contribution < 1.29 is 18.1 Å². The monoisotopic (exact) mass is 384 g/mol. The van der Waals surface area contributed by atoms with Gasteiger partial charge in [0, 0.05) is 23.9 Å². The van der Waals surface area contributed by atoms with E-state index in [1.807, 2.05) is 0 Å². The van der Waals surface area contributed by atoms with Crippen molar-refractivity contribution in [3.8, 4) is 22.4 Å². The van der Waals surface area contributed by atoms with E-state index in [-0.39, 0.29) is 16.9 Å². The highest BCUT2D eigenvalue weighted by molar-refractivity contribution is 5.81. The van der Waals surface area contributed by atoms with Crippen molar-refractivity contribution in [2.45, 2.75) is 6.18 Å². The zero-order valence-electron chi connectivity index (χ0n) is 14.1. The molecule has 0 bridgehead atoms. The van der Waals surface area contributed by atoms with Crippen LogP contribution in [0.3, 0.4) is 0 Å². The van der Waals surface area contributed by atoms with E-state index < -0.39 is 16.8 Å². The predicted octanol–water partition coefficient (Wildman–Crippen LogP) is 4.99. The molecule has 0 atom stereocenters. The molecule has 0 radical (unpaired) electrons. The average Bonchev–Trinajstić information content (AvgIpc) is 3.08. The van der Waals surface area contributed by atoms with E-state index >= 15 is 0 Å². The van der Waals surface area contributed by atoms with Crippen molar-refractivity contribution in [3.63, 3.8) is 0 Å². The number of fused-ring (bicyclic) bond motifs is 1. The molecular formula is C19H11F3N4O2. The van der Waals surface area contributed by atoms with Crippen molar-refractivity contribution in [3.05, 3.63) is 82.7 Å². The first-order chi connectivity index (χ1) is 13.3. The molecule has 4 rings (SSSR count). The van der Waals surface area contributed by atoms with Crippen LogP contribution in [-0.2, 0) is 6.18 Å². The number of nitro benzene ring substituents is 1. The third-order valence-corrected chi connectivity index (χ3v) is 4.17. The number of aromatic nitrogens is 3. The van der Waals surface area contributed by atoms with Crippen LogP contribution in [0.2, 0.25) is 0 Å². The summed E-state index contributed by atoms with van der Waals surface area (Å²) in [5.41, 5.74) is -0.238. The number of nitrogens with zero attached hydrogens (tertiary/aromatic N) is 4. The number of alkyl halides is 3. The number of rotatable bonds is 3. The molecule has 0 fully saturated rings. The second kappa shape index (κ2) is 6.45. The third kappa shape index (κ3) is 3.07. The molecule has 9 heteroatoms. The van der Waals surface area contributed by atoms with Gasteiger partial charge in [-0.25, -0.2) is 9.50 Å². The normalized spacial score (nSPS) is 11.7. The van der Waals surface area contributed by atoms with Gasteiger partial charge in [0.05, 0.1) is 16.2 Å². The lowest BCUT2D eigenvalue weighted by molar-refractivity contribution is -0.384. The Morgan fingerprint density at radius 3 is 2.36 bits per heavy atom. The fourth-order valence-electron chi connectivity index (χ4n) is 2.94. The Morgan fingerprint density at radius 2 is 1.68 bits per heavy atom. The van der Waals surface area contributed by atoms with E-state index in [4.69, 9.17) is 0 Å². The van der Waals surface area contributed by atoms with Crippen LogP contribution in [-0.4, -0.2) is 19.5 Å². The van der Waals surface area contributed by atoms with E-state index in [1.54, 1.807) is 36.4 Å². The number of hydrogen-bond acceptors (Lipinski definition) is 4. The largest absolute Gasteiger partial charge is 0.435 e. The maximum absolute atomic E-state index is 13.6. The Kier molecular flexibility index (Phi) is 4.07. The van der Waals surface area contributed by atoms with Crippen LogP contribution < -0.4 is 0 Å². The van der Waals surface area contributed by atoms with Crippen molar-refractivity contribution in [2.24, 2.45) is 0 Å². The SMILES string of the molecule is O=[N+]([O-])c1cccc(-c2ccn3nc(C(F)(F)F)c(-c4ccccc4)c3n2)c1. The summed E-state index contributed by atoms with van der Waals surface area (Å²) in [6.45, 7) is 0. The van der Waals surface area contributed by atoms with Gasteiger partial charge in [0.2, 0.25) is 0 Å². The first-order valence-electron chi connectivity index (χ1n) is 8.11. The smallest absolute Gasteiger partial charge is 0.258 e. The van der Waals surface area contributed by atoms with Crippen LogP contribution in [0.4, 0.5) is 18.9 Å². The Balaban J connectivity index is 1.97. The fourth-order valence-corrected chi connectivity index (χ4v) is 2.94. The van der Waals surface area contributed by atoms with E-state index in [9.17, 15) is 23.3 Å². The number of halogens is 3. The van der Waals surface area contributed by atoms with E-state index in [0.717, 1.165) is 4.52 Å². The lowest BCUT2D eigenvalue weighted by Crippen LogP contribution is -2.07. The minimum Gasteiger partial charge on any atom is -0.258 e. The van der Waals surface area contributed by atoms with Gasteiger partial charge in [-0.05, 0) is 11.6 Å². The fraction of sp³-hybridized carbons (Fsp3) is 0.0526. The van der Waals surface area contributed by atoms with Gasteiger partial charge in [0.15, 0.2) is 11.3 Å². The molecule has 140 valence electrons. The summed E-state index contributed by atoms with van der Waals surface area (Å²) in [5.74, 6) is 0. The molecule has 2 aromatic carbocycles. The quantitative estimate of drug-likeness (QED) is 0.368. The average molecular weight is 384 g/mol. The lowest BCUT2D eigenvalue weighted by atomic mass is 10.1. The number of hydrogen-bond donors (Lipinski definition) is 0. The molecule has 2 aromatic heterocycles. The molecule has 0 aliphatic heterocycles. The van der Waals surface area contributed by atoms with Gasteiger partial charge in [-0.15, -0.1) is 0 Å². The molecule has 0 saturated carbocycles. The molecule has 0 N–H and O–H groups in total. The van der Waals surface area contributed by atoms with Crippen molar-refractivity contribution in [1.82, 2.24) is 14.6 Å². The molecule has 28 heavy (non-hydrogen) atoms. The van der Waals surface area contributed by atoms with E-state index in [2.05, 4.69) is 10.1 Å². The van der Waals surface area contributed by atoms with Crippen LogP contribution >= 0.6 is 0 Å². The summed E-state index contributed by atoms with van der Waals surface area (Å²) in [6.07, 6.45) is -3.30. The Bertz CT molecular complexity index is 1190. The molecule has 0 amide bonds. The van der Waals surface area contributed by atoms with Crippen LogP contribution in [0.5, 0.6) is 0 Å². The summed E-state index contributed by atoms with van der Waals surface area (Å²) in [6, 6.07) is 15.3. The van der Waals surface area contributed by atoms with Crippen LogP contribution in [0, 0.1) is 10.1 Å². The van der Waals surface area contributed by atoms with Crippen LogP contribution in [0.15, 0.2) is 66.9 Å². The number of nitro groups is 1. The highest BCUT2D eigenvalue weighted by Crippen LogP contribution is 2.38. The molecule has 0 unspecified atom stereocenters. The van der Waals surface area contributed by atoms with Gasteiger partial charge in [0.1, 0.15) is 0 Å². The lowest BCUT2D eigenvalue weighted by Gasteiger charge is -2.06. The summed E-state index contributed by atoms with van der Waals surface area (Å²) < 4.78 is 41.7. The minimum absolute atomic E-state index is 0.0162. The van der Waals surface area contributed by atoms with E-state index in [0.29, 0.717) is 16.8 Å². The van der Waals surface area contributed by atoms with Gasteiger partial charge < -0.3 is 0 Å². The molecular weight excluding hydrogens is 373 g/mol. The van der Waals surface area contributed by atoms with Gasteiger partial charge in [-0.1, -0.05) is 42.5 Å². The van der Waals surface area contributed by atoms with Gasteiger partial charge in [-0.3, -0.25) is 10.1 Å². The zero-order valence-corrected chi connectivity index (χ0v) is 14.1. The van der Waals surface area contributed by atoms with Crippen LogP contribution in [0.1, 0.15) is 5.69 Å². The number of benzene rings is 2. The Hall–Kier alpha value is -3.75. The van der Waals surface area contributed by atoms with Crippen molar-refractivity contribution in [1.29, 1.82) is 0 Å². The Labute approximate surface area is 156 Å². The second-order valence-corrected chi connectivity index (χ2v) is 5.98. The molecule has 6 nitrogen and oxygen atoms in total. The Morgan fingerprint density at radius 1 is 0.964 bits per heavy atom. The standard InChI is InChI=1S/C19H11F3N4O2/c20-19(21,22)17-16(12-5-2-1-3-6-12)18-23-15(9-10-25(18)24-17)13-7-4-8-14(11-13)26(27)28/h1-11H. The van der Waals surface area contributed by atoms with Crippen LogP contribution in [0.25, 0.3) is 28.0 Å². The third-order valence-electron chi connectivity index (χ3n) is 4.17. The summed E-state index contributed by atoms with van der Waals surface area (Å²) >= 11 is 0. The predicted molar refractivity (Wildman–Crippen MR) is 95.5 cm³/mol. The molecule has 0 spiro atoms. The highest BCUT2D eigenvalue weighted by Gasteiger charge is 2.39. The molecule has 2 heterocycles. The summed E-state index contributed by atoms with van der Waals surface area (Å²) in [4.78, 5) is 14.8. The van der Waals surface area contributed by atoms with Crippen molar-refractivity contribution in [2.75, 3.05) is 0 Å². The summed E-state index contributed by atoms with van der Waals surface area (Å²) in [7, 11) is 0. The first-order valence-corrected chi connectivity index (χ1v) is 8.11. The molecule has 0 saturated heterocycles. The first kappa shape index (κ1) is 17.7. The molecule has 0 aliphatic rings. The van der Waals surface area contributed by atoms with Gasteiger partial charge >= 0.3 is 6.18 Å². The van der Waals surface area contributed by atoms with Gasteiger partial charge in [-0.2, -0.15) is 18.3 Å². The maximum Gasteiger partial charge on any atom is 0.435 e. The van der Waals surface area contributed by atoms with Gasteiger partial charge in [0.25, 0.3) is 5.69 Å². The highest BCUT2D eigenvalue weighted by atomic mass is 19.4. The second-order valence-electron chi connectivity index (χ2n) is 5.98. The topological polar surface area (TPSA) is 73.3 Å². The number of non-ortho nitro benzene ring substituents is 1. The molecule has 0 aliphatic carbocycles. The maximum atomic E-state index is 13.6. The van der Waals surface area contributed by atoms with Crippen molar-refractivity contribution >= 4 is 11.3 Å².